The van der Waals surface area contributed by atoms with Gasteiger partial charge in [-0.25, -0.2) is 0 Å². The van der Waals surface area contributed by atoms with Gasteiger partial charge in [0.25, 0.3) is 0 Å². The van der Waals surface area contributed by atoms with Crippen LogP contribution in [0.4, 0.5) is 17.1 Å². The fraction of sp³-hybridized carbons (Fsp3) is 0.209. The van der Waals surface area contributed by atoms with Crippen LogP contribution in [0, 0.1) is 0 Å². The van der Waals surface area contributed by atoms with E-state index < -0.39 is 0 Å². The molecule has 0 N–H and O–H groups in total. The number of para-hydroxylation sites is 2. The molecular formula is C43H37N. The lowest BCUT2D eigenvalue weighted by Gasteiger charge is -2.55. The topological polar surface area (TPSA) is 3.24 Å². The van der Waals surface area contributed by atoms with Crippen molar-refractivity contribution >= 4 is 27.8 Å². The van der Waals surface area contributed by atoms with Gasteiger partial charge in [0.15, 0.2) is 0 Å². The molecule has 0 radical (unpaired) electrons. The second-order valence-electron chi connectivity index (χ2n) is 14.7. The lowest BCUT2D eigenvalue weighted by atomic mass is 9.60. The predicted octanol–water partition coefficient (Wildman–Crippen LogP) is 11.6. The molecule has 0 saturated heterocycles. The monoisotopic (exact) mass is 567 g/mol. The standard InChI is InChI=1S/C43H37N/c1-41(2)32-14-10-16-34-38(32)44-39-33(41)15-11-17-35(39)43(5,6)37-25-31(24-36(40(37)44)42(34,3)4)30-21-20-28-22-27(18-19-29(28)23-30)26-12-8-7-9-13-26/h7-25H,1-6H3. The van der Waals surface area contributed by atoms with Gasteiger partial charge in [0, 0.05) is 16.2 Å². The molecule has 0 unspecified atom stereocenters. The van der Waals surface area contributed by atoms with Crippen molar-refractivity contribution in [3.05, 3.63) is 149 Å². The van der Waals surface area contributed by atoms with E-state index in [0.29, 0.717) is 0 Å². The summed E-state index contributed by atoms with van der Waals surface area (Å²) in [4.78, 5) is 2.65. The third-order valence-corrected chi connectivity index (χ3v) is 11.2. The van der Waals surface area contributed by atoms with Crippen molar-refractivity contribution in [3.63, 3.8) is 0 Å². The van der Waals surface area contributed by atoms with Crippen LogP contribution >= 0.6 is 0 Å². The largest absolute Gasteiger partial charge is 0.309 e. The van der Waals surface area contributed by atoms with Crippen molar-refractivity contribution in [3.8, 4) is 22.3 Å². The molecule has 3 heterocycles. The number of anilines is 3. The molecule has 0 saturated carbocycles. The number of rotatable bonds is 2. The van der Waals surface area contributed by atoms with E-state index in [2.05, 4.69) is 162 Å². The minimum absolute atomic E-state index is 0.0697. The molecule has 0 aromatic heterocycles. The molecule has 6 aromatic rings. The molecule has 1 heteroatoms. The van der Waals surface area contributed by atoms with Crippen molar-refractivity contribution in [2.45, 2.75) is 57.8 Å². The second kappa shape index (κ2) is 8.30. The Morgan fingerprint density at radius 1 is 0.341 bits per heavy atom. The lowest BCUT2D eigenvalue weighted by Crippen LogP contribution is -2.43. The van der Waals surface area contributed by atoms with Gasteiger partial charge >= 0.3 is 0 Å². The van der Waals surface area contributed by atoms with Crippen LogP contribution in [-0.4, -0.2) is 0 Å². The van der Waals surface area contributed by atoms with Crippen molar-refractivity contribution in [2.75, 3.05) is 4.90 Å². The average molecular weight is 568 g/mol. The smallest absolute Gasteiger partial charge is 0.0544 e. The summed E-state index contributed by atoms with van der Waals surface area (Å²) in [6, 6.07) is 43.5. The quantitative estimate of drug-likeness (QED) is 0.201. The molecule has 6 aromatic carbocycles. The highest BCUT2D eigenvalue weighted by Gasteiger charge is 2.51. The molecule has 3 aliphatic heterocycles. The predicted molar refractivity (Wildman–Crippen MR) is 186 cm³/mol. The first-order chi connectivity index (χ1) is 21.1. The van der Waals surface area contributed by atoms with Gasteiger partial charge in [0.05, 0.1) is 17.1 Å². The molecule has 0 fully saturated rings. The SMILES string of the molecule is CC1(C)c2cccc3c2N2c4c1cccc4C(C)(C)c1cc(-c4ccc5cc(-c6ccccc6)ccc5c4)cc(c12)C3(C)C. The molecule has 0 spiro atoms. The summed E-state index contributed by atoms with van der Waals surface area (Å²) in [6.45, 7) is 14.5. The number of benzene rings is 6. The van der Waals surface area contributed by atoms with E-state index in [1.807, 2.05) is 0 Å². The normalized spacial score (nSPS) is 17.4. The first-order valence-electron chi connectivity index (χ1n) is 16.0. The molecule has 44 heavy (non-hydrogen) atoms. The fourth-order valence-electron chi connectivity index (χ4n) is 8.59. The molecule has 9 rings (SSSR count). The highest BCUT2D eigenvalue weighted by molar-refractivity contribution is 5.99. The fourth-order valence-corrected chi connectivity index (χ4v) is 8.59. The molecule has 1 nitrogen and oxygen atoms in total. The Hall–Kier alpha value is -4.62. The molecule has 0 atom stereocenters. The zero-order chi connectivity index (χ0) is 30.2. The summed E-state index contributed by atoms with van der Waals surface area (Å²) in [5.74, 6) is 0. The molecule has 3 aliphatic rings. The van der Waals surface area contributed by atoms with Gasteiger partial charge in [-0.3, -0.25) is 0 Å². The van der Waals surface area contributed by atoms with Gasteiger partial charge in [0.1, 0.15) is 0 Å². The van der Waals surface area contributed by atoms with E-state index in [1.54, 1.807) is 0 Å². The van der Waals surface area contributed by atoms with Crippen LogP contribution < -0.4 is 4.90 Å². The van der Waals surface area contributed by atoms with Crippen LogP contribution in [0.25, 0.3) is 33.0 Å². The van der Waals surface area contributed by atoms with Crippen LogP contribution in [0.1, 0.15) is 74.9 Å². The summed E-state index contributed by atoms with van der Waals surface area (Å²) < 4.78 is 0. The van der Waals surface area contributed by atoms with Crippen molar-refractivity contribution in [2.24, 2.45) is 0 Å². The molecular weight excluding hydrogens is 530 g/mol. The zero-order valence-electron chi connectivity index (χ0n) is 26.4. The Bertz CT molecular complexity index is 2100. The highest BCUT2D eigenvalue weighted by Crippen LogP contribution is 2.66. The zero-order valence-corrected chi connectivity index (χ0v) is 26.4. The Morgan fingerprint density at radius 2 is 0.750 bits per heavy atom. The highest BCUT2D eigenvalue weighted by atomic mass is 15.2. The van der Waals surface area contributed by atoms with Crippen LogP contribution in [0.5, 0.6) is 0 Å². The van der Waals surface area contributed by atoms with E-state index in [4.69, 9.17) is 0 Å². The second-order valence-corrected chi connectivity index (χ2v) is 14.7. The third kappa shape index (κ3) is 3.15. The van der Waals surface area contributed by atoms with Gasteiger partial charge in [-0.05, 0) is 90.7 Å². The summed E-state index contributed by atoms with van der Waals surface area (Å²) in [5.41, 5.74) is 17.5. The van der Waals surface area contributed by atoms with Crippen LogP contribution in [0.3, 0.4) is 0 Å². The lowest BCUT2D eigenvalue weighted by molar-refractivity contribution is 0.567. The molecule has 214 valence electrons. The van der Waals surface area contributed by atoms with Gasteiger partial charge in [-0.1, -0.05) is 133 Å². The Labute approximate surface area is 260 Å². The van der Waals surface area contributed by atoms with Crippen molar-refractivity contribution in [1.82, 2.24) is 0 Å². The van der Waals surface area contributed by atoms with E-state index in [0.717, 1.165) is 0 Å². The summed E-state index contributed by atoms with van der Waals surface area (Å²) in [6.07, 6.45) is 0. The molecule has 0 bridgehead atoms. The summed E-state index contributed by atoms with van der Waals surface area (Å²) >= 11 is 0. The van der Waals surface area contributed by atoms with Crippen molar-refractivity contribution in [1.29, 1.82) is 0 Å². The van der Waals surface area contributed by atoms with Crippen LogP contribution in [-0.2, 0) is 16.2 Å². The Kier molecular flexibility index (Phi) is 4.87. The molecule has 0 amide bonds. The number of nitrogens with zero attached hydrogens (tertiary/aromatic N) is 1. The minimum Gasteiger partial charge on any atom is -0.309 e. The average Bonchev–Trinajstić information content (AvgIpc) is 3.03. The first-order valence-corrected chi connectivity index (χ1v) is 16.0. The van der Waals surface area contributed by atoms with E-state index in [1.165, 1.54) is 83.5 Å². The van der Waals surface area contributed by atoms with Crippen molar-refractivity contribution < 1.29 is 0 Å². The Balaban J connectivity index is 1.29. The van der Waals surface area contributed by atoms with Crippen LogP contribution in [0.15, 0.2) is 115 Å². The van der Waals surface area contributed by atoms with E-state index in [9.17, 15) is 0 Å². The van der Waals surface area contributed by atoms with E-state index >= 15 is 0 Å². The van der Waals surface area contributed by atoms with Crippen LogP contribution in [0.2, 0.25) is 0 Å². The first kappa shape index (κ1) is 25.8. The number of hydrogen-bond donors (Lipinski definition) is 0. The minimum atomic E-state index is -0.140. The van der Waals surface area contributed by atoms with E-state index in [-0.39, 0.29) is 16.2 Å². The maximum Gasteiger partial charge on any atom is 0.0544 e. The van der Waals surface area contributed by atoms with Gasteiger partial charge < -0.3 is 4.90 Å². The summed E-state index contributed by atoms with van der Waals surface area (Å²) in [7, 11) is 0. The van der Waals surface area contributed by atoms with Gasteiger partial charge in [-0.2, -0.15) is 0 Å². The number of fused-ring (bicyclic) bond motifs is 1. The van der Waals surface area contributed by atoms with Gasteiger partial charge in [-0.15, -0.1) is 0 Å². The maximum absolute atomic E-state index is 2.65. The Morgan fingerprint density at radius 3 is 1.23 bits per heavy atom. The molecule has 0 aliphatic carbocycles. The summed E-state index contributed by atoms with van der Waals surface area (Å²) in [5, 5.41) is 2.55. The third-order valence-electron chi connectivity index (χ3n) is 11.2. The van der Waals surface area contributed by atoms with Gasteiger partial charge in [0.2, 0.25) is 0 Å². The number of hydrogen-bond acceptors (Lipinski definition) is 1. The maximum atomic E-state index is 2.65.